The lowest BCUT2D eigenvalue weighted by atomic mass is 10.1. The van der Waals surface area contributed by atoms with Crippen LogP contribution in [0.2, 0.25) is 0 Å². The minimum atomic E-state index is -5.04. The summed E-state index contributed by atoms with van der Waals surface area (Å²) < 4.78 is 114. The average Bonchev–Trinajstić information content (AvgIpc) is 2.88. The Morgan fingerprint density at radius 3 is 2.14 bits per heavy atom. The van der Waals surface area contributed by atoms with Crippen LogP contribution < -0.4 is 9.47 Å². The number of fused-ring (bicyclic) bond motifs is 1. The summed E-state index contributed by atoms with van der Waals surface area (Å²) in [5.74, 6) is -1.89. The summed E-state index contributed by atoms with van der Waals surface area (Å²) in [5, 5.41) is 0. The Hall–Kier alpha value is -2.47. The van der Waals surface area contributed by atoms with Gasteiger partial charge >= 0.3 is 12.5 Å². The normalized spacial score (nSPS) is 17.0. The molecular weight excluding hydrogens is 416 g/mol. The maximum atomic E-state index is 13.6. The number of sulfonamides is 1. The largest absolute Gasteiger partial charge is 0.586 e. The zero-order valence-electron chi connectivity index (χ0n) is 13.9. The van der Waals surface area contributed by atoms with Gasteiger partial charge in [0.15, 0.2) is 11.5 Å². The number of rotatable bonds is 4. The quantitative estimate of drug-likeness (QED) is 0.691. The number of halogens is 6. The topological polar surface area (TPSA) is 55.8 Å². The molecule has 0 fully saturated rings. The lowest BCUT2D eigenvalue weighted by molar-refractivity contribution is -0.286. The lowest BCUT2D eigenvalue weighted by Gasteiger charge is -2.29. The van der Waals surface area contributed by atoms with E-state index < -0.39 is 56.3 Å². The monoisotopic (exact) mass is 427 g/mol. The number of ether oxygens (including phenoxy) is 2. The van der Waals surface area contributed by atoms with Gasteiger partial charge in [0.25, 0.3) is 0 Å². The van der Waals surface area contributed by atoms with Crippen LogP contribution >= 0.6 is 0 Å². The molecule has 5 nitrogen and oxygen atoms in total. The molecular formula is C16H11F6NO4S. The second-order valence-electron chi connectivity index (χ2n) is 5.79. The number of hydrogen-bond acceptors (Lipinski definition) is 4. The zero-order chi connectivity index (χ0) is 20.9. The minimum absolute atomic E-state index is 0.0237. The number of benzene rings is 2. The highest BCUT2D eigenvalue weighted by molar-refractivity contribution is 7.89. The third kappa shape index (κ3) is 3.74. The zero-order valence-corrected chi connectivity index (χ0v) is 14.7. The van der Waals surface area contributed by atoms with Gasteiger partial charge in [-0.25, -0.2) is 12.8 Å². The predicted molar refractivity (Wildman–Crippen MR) is 82.8 cm³/mol. The smallest absolute Gasteiger partial charge is 0.395 e. The molecule has 0 saturated heterocycles. The highest BCUT2D eigenvalue weighted by Gasteiger charge is 2.48. The summed E-state index contributed by atoms with van der Waals surface area (Å²) in [6.07, 6.45) is -9.05. The molecule has 0 radical (unpaired) electrons. The molecule has 0 saturated carbocycles. The second kappa shape index (κ2) is 6.55. The molecule has 2 aromatic rings. The van der Waals surface area contributed by atoms with Crippen LogP contribution in [-0.4, -0.2) is 32.2 Å². The molecule has 1 atom stereocenters. The van der Waals surface area contributed by atoms with E-state index in [1.807, 2.05) is 0 Å². The molecule has 1 aliphatic heterocycles. The van der Waals surface area contributed by atoms with Crippen molar-refractivity contribution in [3.05, 3.63) is 53.8 Å². The van der Waals surface area contributed by atoms with Crippen LogP contribution in [0.5, 0.6) is 11.5 Å². The van der Waals surface area contributed by atoms with Crippen molar-refractivity contribution in [2.45, 2.75) is 23.4 Å². The van der Waals surface area contributed by atoms with E-state index in [0.29, 0.717) is 13.1 Å². The van der Waals surface area contributed by atoms with Gasteiger partial charge in [-0.05, 0) is 29.8 Å². The summed E-state index contributed by atoms with van der Waals surface area (Å²) in [4.78, 5) is -0.716. The first-order valence-corrected chi connectivity index (χ1v) is 8.95. The van der Waals surface area contributed by atoms with Crippen LogP contribution in [0.1, 0.15) is 11.6 Å². The van der Waals surface area contributed by atoms with Crippen molar-refractivity contribution in [3.63, 3.8) is 0 Å². The van der Waals surface area contributed by atoms with E-state index in [-0.39, 0.29) is 4.31 Å². The van der Waals surface area contributed by atoms with E-state index in [0.717, 1.165) is 36.4 Å². The maximum absolute atomic E-state index is 13.6. The molecule has 0 unspecified atom stereocenters. The van der Waals surface area contributed by atoms with E-state index in [4.69, 9.17) is 0 Å². The van der Waals surface area contributed by atoms with Crippen molar-refractivity contribution in [1.82, 2.24) is 4.31 Å². The predicted octanol–water partition coefficient (Wildman–Crippen LogP) is 4.07. The van der Waals surface area contributed by atoms with Crippen LogP contribution in [0.25, 0.3) is 0 Å². The summed E-state index contributed by atoms with van der Waals surface area (Å²) in [6.45, 7) is 0. The Kier molecular flexibility index (Phi) is 4.74. The third-order valence-electron chi connectivity index (χ3n) is 3.91. The molecule has 0 aromatic heterocycles. The molecule has 0 bridgehead atoms. The standard InChI is InChI=1S/C16H11F6NO4S/c1-23(14(15(18,19)20)9-2-4-10(17)5-3-9)28(24,25)11-6-7-12-13(8-11)27-16(21,22)26-12/h2-8,14H,1H3/t14-/m1/s1. The van der Waals surface area contributed by atoms with Crippen LogP contribution in [0.15, 0.2) is 47.4 Å². The Morgan fingerprint density at radius 2 is 1.57 bits per heavy atom. The fourth-order valence-electron chi connectivity index (χ4n) is 2.64. The van der Waals surface area contributed by atoms with Gasteiger partial charge in [0.1, 0.15) is 11.9 Å². The summed E-state index contributed by atoms with van der Waals surface area (Å²) >= 11 is 0. The van der Waals surface area contributed by atoms with E-state index >= 15 is 0 Å². The van der Waals surface area contributed by atoms with Crippen molar-refractivity contribution in [1.29, 1.82) is 0 Å². The fraction of sp³-hybridized carbons (Fsp3) is 0.250. The van der Waals surface area contributed by atoms with E-state index in [9.17, 15) is 34.8 Å². The molecule has 28 heavy (non-hydrogen) atoms. The molecule has 152 valence electrons. The first kappa shape index (κ1) is 20.3. The number of hydrogen-bond donors (Lipinski definition) is 0. The van der Waals surface area contributed by atoms with Crippen LogP contribution in [0, 0.1) is 5.82 Å². The molecule has 12 heteroatoms. The molecule has 1 aliphatic rings. The van der Waals surface area contributed by atoms with Crippen molar-refractivity contribution < 1.29 is 44.2 Å². The number of alkyl halides is 5. The molecule has 2 aromatic carbocycles. The highest BCUT2D eigenvalue weighted by Crippen LogP contribution is 2.44. The lowest BCUT2D eigenvalue weighted by Crippen LogP contribution is -2.39. The Balaban J connectivity index is 2.01. The highest BCUT2D eigenvalue weighted by atomic mass is 32.2. The SMILES string of the molecule is CN([C@H](c1ccc(F)cc1)C(F)(F)F)S(=O)(=O)c1ccc2c(c1)OC(F)(F)O2. The second-order valence-corrected chi connectivity index (χ2v) is 7.79. The molecule has 0 N–H and O–H groups in total. The van der Waals surface area contributed by atoms with Gasteiger partial charge in [0.2, 0.25) is 10.0 Å². The molecule has 0 spiro atoms. The molecule has 1 heterocycles. The van der Waals surface area contributed by atoms with Gasteiger partial charge in [-0.15, -0.1) is 8.78 Å². The van der Waals surface area contributed by atoms with Gasteiger partial charge < -0.3 is 9.47 Å². The van der Waals surface area contributed by atoms with E-state index in [1.54, 1.807) is 0 Å². The first-order chi connectivity index (χ1) is 12.8. The van der Waals surface area contributed by atoms with Gasteiger partial charge in [-0.3, -0.25) is 0 Å². The summed E-state index contributed by atoms with van der Waals surface area (Å²) in [7, 11) is -4.12. The summed E-state index contributed by atoms with van der Waals surface area (Å²) in [6, 6.07) is 2.80. The van der Waals surface area contributed by atoms with Crippen LogP contribution in [0.4, 0.5) is 26.3 Å². The maximum Gasteiger partial charge on any atom is 0.586 e. The van der Waals surface area contributed by atoms with E-state index in [1.165, 1.54) is 0 Å². The first-order valence-electron chi connectivity index (χ1n) is 7.51. The average molecular weight is 427 g/mol. The van der Waals surface area contributed by atoms with Crippen molar-refractivity contribution in [3.8, 4) is 11.5 Å². The number of nitrogens with zero attached hydrogens (tertiary/aromatic N) is 1. The van der Waals surface area contributed by atoms with Crippen molar-refractivity contribution in [2.24, 2.45) is 0 Å². The van der Waals surface area contributed by atoms with Gasteiger partial charge in [0.05, 0.1) is 4.90 Å². The van der Waals surface area contributed by atoms with E-state index in [2.05, 4.69) is 9.47 Å². The Bertz CT molecular complexity index is 991. The molecule has 0 amide bonds. The van der Waals surface area contributed by atoms with Crippen molar-refractivity contribution in [2.75, 3.05) is 7.05 Å². The van der Waals surface area contributed by atoms with Gasteiger partial charge in [0, 0.05) is 13.1 Å². The Morgan fingerprint density at radius 1 is 1.00 bits per heavy atom. The summed E-state index contributed by atoms with van der Waals surface area (Å²) in [5.41, 5.74) is -0.521. The van der Waals surface area contributed by atoms with Crippen molar-refractivity contribution >= 4 is 10.0 Å². The minimum Gasteiger partial charge on any atom is -0.395 e. The van der Waals surface area contributed by atoms with Crippen LogP contribution in [0.3, 0.4) is 0 Å². The van der Waals surface area contributed by atoms with Gasteiger partial charge in [-0.2, -0.15) is 17.5 Å². The molecule has 3 rings (SSSR count). The van der Waals surface area contributed by atoms with Crippen LogP contribution in [-0.2, 0) is 10.0 Å². The molecule has 0 aliphatic carbocycles. The Labute approximate surface area is 155 Å². The fourth-order valence-corrected chi connectivity index (χ4v) is 3.99. The third-order valence-corrected chi connectivity index (χ3v) is 5.73. The van der Waals surface area contributed by atoms with Gasteiger partial charge in [-0.1, -0.05) is 12.1 Å².